The number of carbonyl (C=O) groups excluding carboxylic acids is 1. The number of benzene rings is 2. The van der Waals surface area contributed by atoms with Gasteiger partial charge >= 0.3 is 0 Å². The minimum Gasteiger partial charge on any atom is -0.497 e. The van der Waals surface area contributed by atoms with Crippen LogP contribution in [0.3, 0.4) is 0 Å². The van der Waals surface area contributed by atoms with Gasteiger partial charge in [-0.3, -0.25) is 9.48 Å². The van der Waals surface area contributed by atoms with E-state index in [0.717, 1.165) is 29.7 Å². The first-order valence-electron chi connectivity index (χ1n) is 11.5. The molecule has 0 radical (unpaired) electrons. The van der Waals surface area contributed by atoms with Crippen LogP contribution in [0.15, 0.2) is 60.8 Å². The highest BCUT2D eigenvalue weighted by molar-refractivity contribution is 6.00. The first-order valence-corrected chi connectivity index (χ1v) is 11.5. The van der Waals surface area contributed by atoms with Crippen molar-refractivity contribution in [2.75, 3.05) is 13.7 Å². The quantitative estimate of drug-likeness (QED) is 0.582. The summed E-state index contributed by atoms with van der Waals surface area (Å²) in [4.78, 5) is 13.4. The molecule has 2 atom stereocenters. The standard InChI is InChI=1S/C27H33N3O3/c1-27(2,3)24-16-21(13-14-33-24)28-26(31)23-18-30(17-19-9-6-5-7-10-19)29-25(23)20-11-8-12-22(15-20)32-4/h5-12,15,18,21,24H,13-14,16-17H2,1-4H3,(H,28,31)/t21-,24-/m1/s1. The van der Waals surface area contributed by atoms with Crippen LogP contribution in [-0.2, 0) is 11.3 Å². The van der Waals surface area contributed by atoms with Gasteiger partial charge in [0, 0.05) is 24.4 Å². The van der Waals surface area contributed by atoms with Gasteiger partial charge in [0.25, 0.3) is 5.91 Å². The monoisotopic (exact) mass is 447 g/mol. The van der Waals surface area contributed by atoms with Gasteiger partial charge in [-0.05, 0) is 36.0 Å². The van der Waals surface area contributed by atoms with Crippen LogP contribution in [0.5, 0.6) is 5.75 Å². The molecule has 6 nitrogen and oxygen atoms in total. The summed E-state index contributed by atoms with van der Waals surface area (Å²) >= 11 is 0. The third-order valence-corrected chi connectivity index (χ3v) is 6.12. The number of ether oxygens (including phenoxy) is 2. The predicted molar refractivity (Wildman–Crippen MR) is 129 cm³/mol. The van der Waals surface area contributed by atoms with Gasteiger partial charge < -0.3 is 14.8 Å². The summed E-state index contributed by atoms with van der Waals surface area (Å²) in [6, 6.07) is 17.9. The Morgan fingerprint density at radius 3 is 2.70 bits per heavy atom. The van der Waals surface area contributed by atoms with Gasteiger partial charge in [0.2, 0.25) is 0 Å². The van der Waals surface area contributed by atoms with E-state index in [2.05, 4.69) is 38.2 Å². The van der Waals surface area contributed by atoms with E-state index in [0.29, 0.717) is 24.4 Å². The fraction of sp³-hybridized carbons (Fsp3) is 0.407. The Kier molecular flexibility index (Phi) is 6.84. The van der Waals surface area contributed by atoms with Crippen LogP contribution in [0.2, 0.25) is 0 Å². The number of hydrogen-bond acceptors (Lipinski definition) is 4. The van der Waals surface area contributed by atoms with Crippen molar-refractivity contribution in [2.24, 2.45) is 5.41 Å². The van der Waals surface area contributed by atoms with E-state index in [1.54, 1.807) is 7.11 Å². The van der Waals surface area contributed by atoms with Crippen molar-refractivity contribution in [3.05, 3.63) is 71.9 Å². The highest BCUT2D eigenvalue weighted by Gasteiger charge is 2.33. The summed E-state index contributed by atoms with van der Waals surface area (Å²) in [6.45, 7) is 7.78. The molecule has 174 valence electrons. The lowest BCUT2D eigenvalue weighted by Gasteiger charge is -2.37. The highest BCUT2D eigenvalue weighted by atomic mass is 16.5. The first kappa shape index (κ1) is 23.1. The topological polar surface area (TPSA) is 65.4 Å². The molecule has 1 aliphatic heterocycles. The molecule has 1 saturated heterocycles. The average Bonchev–Trinajstić information content (AvgIpc) is 3.23. The van der Waals surface area contributed by atoms with Crippen molar-refractivity contribution in [3.8, 4) is 17.0 Å². The molecule has 1 amide bonds. The fourth-order valence-corrected chi connectivity index (χ4v) is 4.22. The number of aromatic nitrogens is 2. The van der Waals surface area contributed by atoms with E-state index < -0.39 is 0 Å². The first-order chi connectivity index (χ1) is 15.8. The van der Waals surface area contributed by atoms with E-state index in [1.165, 1.54) is 0 Å². The molecule has 1 N–H and O–H groups in total. The number of carbonyl (C=O) groups is 1. The molecule has 1 fully saturated rings. The van der Waals surface area contributed by atoms with Gasteiger partial charge in [-0.1, -0.05) is 63.2 Å². The molecule has 4 rings (SSSR count). The van der Waals surface area contributed by atoms with Gasteiger partial charge in [0.1, 0.15) is 11.4 Å². The molecule has 2 aromatic carbocycles. The minimum atomic E-state index is -0.105. The molecule has 0 aliphatic carbocycles. The summed E-state index contributed by atoms with van der Waals surface area (Å²) < 4.78 is 13.2. The molecule has 0 saturated carbocycles. The van der Waals surface area contributed by atoms with Crippen LogP contribution in [-0.4, -0.2) is 41.6 Å². The van der Waals surface area contributed by atoms with Crippen molar-refractivity contribution >= 4 is 5.91 Å². The average molecular weight is 448 g/mol. The Balaban J connectivity index is 1.61. The van der Waals surface area contributed by atoms with Crippen molar-refractivity contribution in [2.45, 2.75) is 52.3 Å². The number of methoxy groups -OCH3 is 1. The maximum Gasteiger partial charge on any atom is 0.255 e. The summed E-state index contributed by atoms with van der Waals surface area (Å²) in [7, 11) is 1.64. The van der Waals surface area contributed by atoms with Crippen LogP contribution >= 0.6 is 0 Å². The molecular weight excluding hydrogens is 414 g/mol. The maximum absolute atomic E-state index is 13.4. The van der Waals surface area contributed by atoms with Gasteiger partial charge in [0.05, 0.1) is 25.3 Å². The number of rotatable bonds is 6. The zero-order chi connectivity index (χ0) is 23.4. The summed E-state index contributed by atoms with van der Waals surface area (Å²) in [5, 5.41) is 8.04. The van der Waals surface area contributed by atoms with E-state index in [-0.39, 0.29) is 23.5 Å². The molecule has 0 spiro atoms. The molecular formula is C27H33N3O3. The summed E-state index contributed by atoms with van der Waals surface area (Å²) in [6.07, 6.45) is 3.58. The Hall–Kier alpha value is -3.12. The fourth-order valence-electron chi connectivity index (χ4n) is 4.22. The molecule has 0 unspecified atom stereocenters. The second kappa shape index (κ2) is 9.79. The van der Waals surface area contributed by atoms with Gasteiger partial charge in [-0.25, -0.2) is 0 Å². The lowest BCUT2D eigenvalue weighted by Crippen LogP contribution is -2.45. The number of nitrogens with zero attached hydrogens (tertiary/aromatic N) is 2. The Labute approximate surface area is 195 Å². The highest BCUT2D eigenvalue weighted by Crippen LogP contribution is 2.30. The number of nitrogens with one attached hydrogen (secondary N) is 1. The second-order valence-electron chi connectivity index (χ2n) is 9.73. The van der Waals surface area contributed by atoms with Crippen molar-refractivity contribution in [1.82, 2.24) is 15.1 Å². The zero-order valence-corrected chi connectivity index (χ0v) is 19.9. The smallest absolute Gasteiger partial charge is 0.255 e. The molecule has 33 heavy (non-hydrogen) atoms. The second-order valence-corrected chi connectivity index (χ2v) is 9.73. The third-order valence-electron chi connectivity index (χ3n) is 6.12. The van der Waals surface area contributed by atoms with Crippen molar-refractivity contribution in [3.63, 3.8) is 0 Å². The van der Waals surface area contributed by atoms with E-state index in [4.69, 9.17) is 14.6 Å². The summed E-state index contributed by atoms with van der Waals surface area (Å²) in [5.41, 5.74) is 3.24. The molecule has 3 aromatic rings. The predicted octanol–water partition coefficient (Wildman–Crippen LogP) is 4.93. The zero-order valence-electron chi connectivity index (χ0n) is 19.9. The lowest BCUT2D eigenvalue weighted by atomic mass is 9.83. The van der Waals surface area contributed by atoms with E-state index in [1.807, 2.05) is 53.3 Å². The van der Waals surface area contributed by atoms with Crippen LogP contribution in [0.1, 0.15) is 49.5 Å². The Morgan fingerprint density at radius 2 is 1.97 bits per heavy atom. The number of amides is 1. The molecule has 0 bridgehead atoms. The van der Waals surface area contributed by atoms with Gasteiger partial charge in [-0.15, -0.1) is 0 Å². The van der Waals surface area contributed by atoms with Gasteiger partial charge in [0.15, 0.2) is 0 Å². The van der Waals surface area contributed by atoms with Gasteiger partial charge in [-0.2, -0.15) is 5.10 Å². The maximum atomic E-state index is 13.4. The third kappa shape index (κ3) is 5.63. The van der Waals surface area contributed by atoms with Crippen LogP contribution in [0, 0.1) is 5.41 Å². The Bertz CT molecular complexity index is 1090. The normalized spacial score (nSPS) is 18.7. The lowest BCUT2D eigenvalue weighted by molar-refractivity contribution is -0.0569. The number of hydrogen-bond donors (Lipinski definition) is 1. The van der Waals surface area contributed by atoms with Crippen molar-refractivity contribution in [1.29, 1.82) is 0 Å². The molecule has 1 aromatic heterocycles. The van der Waals surface area contributed by atoms with E-state index in [9.17, 15) is 4.79 Å². The largest absolute Gasteiger partial charge is 0.497 e. The summed E-state index contributed by atoms with van der Waals surface area (Å²) in [5.74, 6) is 0.626. The van der Waals surface area contributed by atoms with Crippen LogP contribution < -0.4 is 10.1 Å². The molecule has 1 aliphatic rings. The van der Waals surface area contributed by atoms with Crippen LogP contribution in [0.25, 0.3) is 11.3 Å². The SMILES string of the molecule is COc1cccc(-c2nn(Cc3ccccc3)cc2C(=O)N[C@@H]2CCO[C@@H](C(C)(C)C)C2)c1. The Morgan fingerprint density at radius 1 is 1.18 bits per heavy atom. The molecule has 6 heteroatoms. The van der Waals surface area contributed by atoms with Crippen LogP contribution in [0.4, 0.5) is 0 Å². The minimum absolute atomic E-state index is 0.0374. The molecule has 2 heterocycles. The van der Waals surface area contributed by atoms with E-state index >= 15 is 0 Å². The van der Waals surface area contributed by atoms with Crippen molar-refractivity contribution < 1.29 is 14.3 Å².